The third-order valence-corrected chi connectivity index (χ3v) is 6.85. The lowest BCUT2D eigenvalue weighted by Crippen LogP contribution is -2.10. The Balaban J connectivity index is 1.34. The number of unbranched alkanes of at least 4 members (excludes halogenated alkanes) is 1. The molecule has 4 aromatic rings. The summed E-state index contributed by atoms with van der Waals surface area (Å²) in [7, 11) is 0. The quantitative estimate of drug-likeness (QED) is 0.353. The molecule has 176 valence electrons. The summed E-state index contributed by atoms with van der Waals surface area (Å²) in [5, 5.41) is 19.5. The van der Waals surface area contributed by atoms with Crippen molar-refractivity contribution in [3.05, 3.63) is 65.7 Å². The summed E-state index contributed by atoms with van der Waals surface area (Å²) in [4.78, 5) is 5.01. The predicted molar refractivity (Wildman–Crippen MR) is 133 cm³/mol. The van der Waals surface area contributed by atoms with Crippen molar-refractivity contribution in [3.8, 4) is 22.5 Å². The molecule has 0 saturated heterocycles. The minimum atomic E-state index is 0.606. The van der Waals surface area contributed by atoms with Crippen molar-refractivity contribution in [1.29, 1.82) is 0 Å². The number of aromatic nitrogens is 7. The molecule has 0 spiro atoms. The highest BCUT2D eigenvalue weighted by Gasteiger charge is 2.18. The average Bonchev–Trinajstić information content (AvgIpc) is 3.54. The van der Waals surface area contributed by atoms with E-state index in [9.17, 15) is 0 Å². The molecule has 1 fully saturated rings. The van der Waals surface area contributed by atoms with Crippen LogP contribution in [0.3, 0.4) is 0 Å². The second-order valence-corrected chi connectivity index (χ2v) is 9.38. The van der Waals surface area contributed by atoms with Crippen LogP contribution < -0.4 is 0 Å². The van der Waals surface area contributed by atoms with E-state index in [1.807, 2.05) is 18.2 Å². The van der Waals surface area contributed by atoms with Crippen LogP contribution in [0.15, 0.2) is 48.5 Å². The second kappa shape index (κ2) is 10.7. The number of hydrogen-bond acceptors (Lipinski definition) is 5. The van der Waals surface area contributed by atoms with E-state index >= 15 is 0 Å². The first-order valence-electron chi connectivity index (χ1n) is 12.6. The number of benzene rings is 2. The Morgan fingerprint density at radius 1 is 0.971 bits per heavy atom. The third-order valence-electron chi connectivity index (χ3n) is 6.85. The van der Waals surface area contributed by atoms with E-state index < -0.39 is 0 Å². The minimum Gasteiger partial charge on any atom is -0.249 e. The second-order valence-electron chi connectivity index (χ2n) is 9.38. The smallest absolute Gasteiger partial charge is 0.205 e. The Hall–Kier alpha value is -3.35. The van der Waals surface area contributed by atoms with Crippen LogP contribution in [0.25, 0.3) is 22.5 Å². The largest absolute Gasteiger partial charge is 0.249 e. The lowest BCUT2D eigenvalue weighted by molar-refractivity contribution is 0.351. The van der Waals surface area contributed by atoms with Crippen LogP contribution in [-0.2, 0) is 19.4 Å². The Morgan fingerprint density at radius 3 is 2.50 bits per heavy atom. The highest BCUT2D eigenvalue weighted by atomic mass is 15.5. The molecule has 1 saturated carbocycles. The number of tetrazole rings is 1. The lowest BCUT2D eigenvalue weighted by Gasteiger charge is -2.19. The van der Waals surface area contributed by atoms with Gasteiger partial charge in [-0.3, -0.25) is 0 Å². The molecule has 2 heterocycles. The van der Waals surface area contributed by atoms with Crippen LogP contribution >= 0.6 is 0 Å². The van der Waals surface area contributed by atoms with Gasteiger partial charge in [0.15, 0.2) is 5.82 Å². The van der Waals surface area contributed by atoms with E-state index in [-0.39, 0.29) is 0 Å². The van der Waals surface area contributed by atoms with E-state index in [0.717, 1.165) is 66.5 Å². The summed E-state index contributed by atoms with van der Waals surface area (Å²) in [5.41, 5.74) is 4.44. The fourth-order valence-corrected chi connectivity index (χ4v) is 4.97. The monoisotopic (exact) mass is 455 g/mol. The van der Waals surface area contributed by atoms with Gasteiger partial charge in [0.25, 0.3) is 0 Å². The summed E-state index contributed by atoms with van der Waals surface area (Å²) in [6.07, 6.45) is 10.9. The van der Waals surface area contributed by atoms with Crippen LogP contribution in [0.2, 0.25) is 0 Å². The molecule has 0 aliphatic heterocycles. The van der Waals surface area contributed by atoms with Gasteiger partial charge in [-0.15, -0.1) is 10.2 Å². The van der Waals surface area contributed by atoms with E-state index in [4.69, 9.17) is 10.1 Å². The number of aromatic amines is 1. The van der Waals surface area contributed by atoms with Crippen molar-refractivity contribution in [2.24, 2.45) is 5.92 Å². The zero-order valence-electron chi connectivity index (χ0n) is 20.0. The van der Waals surface area contributed by atoms with Crippen molar-refractivity contribution >= 4 is 0 Å². The summed E-state index contributed by atoms with van der Waals surface area (Å²) in [6.45, 7) is 3.17. The molecule has 34 heavy (non-hydrogen) atoms. The molecule has 7 nitrogen and oxygen atoms in total. The number of H-pyrrole nitrogens is 1. The summed E-state index contributed by atoms with van der Waals surface area (Å²) >= 11 is 0. The molecule has 5 rings (SSSR count). The first-order valence-corrected chi connectivity index (χ1v) is 12.6. The van der Waals surface area contributed by atoms with Crippen LogP contribution in [0, 0.1) is 5.92 Å². The summed E-state index contributed by atoms with van der Waals surface area (Å²) in [5.74, 6) is 3.47. The molecular weight excluding hydrogens is 422 g/mol. The van der Waals surface area contributed by atoms with Gasteiger partial charge >= 0.3 is 0 Å². The van der Waals surface area contributed by atoms with Crippen molar-refractivity contribution < 1.29 is 0 Å². The SMILES string of the molecule is CCCCn1nc(CC2CCCCC2)nc1Cc1ccc(-c2ccccc2-c2nn[nH]n2)cc1. The van der Waals surface area contributed by atoms with Gasteiger partial charge in [-0.25, -0.2) is 9.67 Å². The van der Waals surface area contributed by atoms with Gasteiger partial charge in [-0.2, -0.15) is 10.3 Å². The average molecular weight is 456 g/mol. The van der Waals surface area contributed by atoms with Crippen LogP contribution in [0.1, 0.15) is 69.1 Å². The van der Waals surface area contributed by atoms with Crippen molar-refractivity contribution in [1.82, 2.24) is 35.4 Å². The van der Waals surface area contributed by atoms with Crippen LogP contribution in [0.5, 0.6) is 0 Å². The van der Waals surface area contributed by atoms with Gasteiger partial charge in [-0.05, 0) is 34.2 Å². The number of nitrogens with one attached hydrogen (secondary N) is 1. The van der Waals surface area contributed by atoms with Gasteiger partial charge in [0.05, 0.1) is 0 Å². The molecule has 0 radical (unpaired) electrons. The van der Waals surface area contributed by atoms with Gasteiger partial charge in [0.2, 0.25) is 5.82 Å². The van der Waals surface area contributed by atoms with Gasteiger partial charge in [0.1, 0.15) is 5.82 Å². The zero-order chi connectivity index (χ0) is 23.2. The van der Waals surface area contributed by atoms with Gasteiger partial charge in [0, 0.05) is 24.9 Å². The highest BCUT2D eigenvalue weighted by molar-refractivity contribution is 5.80. The summed E-state index contributed by atoms with van der Waals surface area (Å²) in [6, 6.07) is 16.9. The summed E-state index contributed by atoms with van der Waals surface area (Å²) < 4.78 is 2.15. The van der Waals surface area contributed by atoms with Crippen LogP contribution in [-0.4, -0.2) is 35.4 Å². The Kier molecular flexibility index (Phi) is 7.08. The molecular formula is C27H33N7. The molecule has 7 heteroatoms. The molecule has 0 unspecified atom stereocenters. The van der Waals surface area contributed by atoms with Gasteiger partial charge in [-0.1, -0.05) is 94.0 Å². The van der Waals surface area contributed by atoms with Crippen molar-refractivity contribution in [2.75, 3.05) is 0 Å². The fraction of sp³-hybridized carbons (Fsp3) is 0.444. The number of rotatable bonds is 9. The third kappa shape index (κ3) is 5.24. The zero-order valence-corrected chi connectivity index (χ0v) is 20.0. The van der Waals surface area contributed by atoms with E-state index in [0.29, 0.717) is 5.82 Å². The first kappa shape index (κ1) is 22.4. The molecule has 0 amide bonds. The Labute approximate surface area is 201 Å². The molecule has 2 aromatic heterocycles. The maximum atomic E-state index is 5.01. The predicted octanol–water partition coefficient (Wildman–Crippen LogP) is 5.64. The number of hydrogen-bond donors (Lipinski definition) is 1. The maximum absolute atomic E-state index is 5.01. The van der Waals surface area contributed by atoms with Gasteiger partial charge < -0.3 is 0 Å². The topological polar surface area (TPSA) is 85.2 Å². The standard InChI is InChI=1S/C27H33N7/c1-2-3-17-34-26(28-25(31-34)18-20-9-5-4-6-10-20)19-21-13-15-22(16-14-21)23-11-7-8-12-24(23)27-29-32-33-30-27/h7-8,11-16,20H,2-6,9-10,17-19H2,1H3,(H,29,30,32,33). The number of aryl methyl sites for hydroxylation is 1. The highest BCUT2D eigenvalue weighted by Crippen LogP contribution is 2.30. The van der Waals surface area contributed by atoms with E-state index in [1.54, 1.807) is 0 Å². The lowest BCUT2D eigenvalue weighted by atomic mass is 9.87. The Morgan fingerprint density at radius 2 is 1.76 bits per heavy atom. The molecule has 1 aliphatic rings. The van der Waals surface area contributed by atoms with Crippen molar-refractivity contribution in [3.63, 3.8) is 0 Å². The van der Waals surface area contributed by atoms with Crippen molar-refractivity contribution in [2.45, 2.75) is 71.3 Å². The molecule has 2 aromatic carbocycles. The van der Waals surface area contributed by atoms with E-state index in [1.165, 1.54) is 37.7 Å². The van der Waals surface area contributed by atoms with E-state index in [2.05, 4.69) is 62.6 Å². The first-order chi connectivity index (χ1) is 16.8. The minimum absolute atomic E-state index is 0.606. The molecule has 1 N–H and O–H groups in total. The Bertz CT molecular complexity index is 1170. The molecule has 1 aliphatic carbocycles. The number of nitrogens with zero attached hydrogens (tertiary/aromatic N) is 6. The molecule has 0 bridgehead atoms. The van der Waals surface area contributed by atoms with Crippen LogP contribution in [0.4, 0.5) is 0 Å². The maximum Gasteiger partial charge on any atom is 0.205 e. The molecule has 0 atom stereocenters. The normalized spacial score (nSPS) is 14.5. The fourth-order valence-electron chi connectivity index (χ4n) is 4.97.